The normalized spacial score (nSPS) is 11.1. The molecule has 0 saturated heterocycles. The van der Waals surface area contributed by atoms with Crippen molar-refractivity contribution < 1.29 is 9.53 Å². The average Bonchev–Trinajstić information content (AvgIpc) is 2.08. The van der Waals surface area contributed by atoms with Gasteiger partial charge in [0, 0.05) is 12.3 Å². The number of ether oxygens (including phenoxy) is 1. The second kappa shape index (κ2) is 3.84. The first-order valence-electron chi connectivity index (χ1n) is 4.02. The van der Waals surface area contributed by atoms with Crippen molar-refractivity contribution in [2.45, 2.75) is 19.4 Å². The van der Waals surface area contributed by atoms with Gasteiger partial charge < -0.3 is 10.5 Å². The van der Waals surface area contributed by atoms with Gasteiger partial charge in [-0.15, -0.1) is 0 Å². The Morgan fingerprint density at radius 3 is 2.64 bits per heavy atom. The number of nitrogens with zero attached hydrogens (tertiary/aromatic N) is 1. The van der Waals surface area contributed by atoms with Gasteiger partial charge in [-0.25, -0.2) is 4.98 Å². The van der Waals surface area contributed by atoms with Gasteiger partial charge in [-0.05, 0) is 19.9 Å². The van der Waals surface area contributed by atoms with Gasteiger partial charge in [0.1, 0.15) is 0 Å². The number of carbonyl (C=O) groups is 1. The molecule has 0 atom stereocenters. The Balaban J connectivity index is 2.79. The first kappa shape index (κ1) is 10.8. The molecule has 1 aromatic rings. The van der Waals surface area contributed by atoms with E-state index in [0.717, 1.165) is 0 Å². The fourth-order valence-corrected chi connectivity index (χ4v) is 0.846. The summed E-state index contributed by atoms with van der Waals surface area (Å²) in [6, 6.07) is 3.20. The molecule has 0 spiro atoms. The molecule has 4 nitrogen and oxygen atoms in total. The molecule has 14 heavy (non-hydrogen) atoms. The van der Waals surface area contributed by atoms with Crippen LogP contribution in [0.25, 0.3) is 0 Å². The summed E-state index contributed by atoms with van der Waals surface area (Å²) in [5.41, 5.74) is 4.06. The molecule has 1 rings (SSSR count). The van der Waals surface area contributed by atoms with Crippen molar-refractivity contribution in [3.63, 3.8) is 0 Å². The van der Waals surface area contributed by atoms with Crippen LogP contribution in [0, 0.1) is 0 Å². The van der Waals surface area contributed by atoms with E-state index < -0.39 is 11.5 Å². The molecule has 0 aliphatic carbocycles. The van der Waals surface area contributed by atoms with E-state index in [2.05, 4.69) is 4.98 Å². The van der Waals surface area contributed by atoms with Gasteiger partial charge in [0.2, 0.25) is 5.88 Å². The van der Waals surface area contributed by atoms with Crippen molar-refractivity contribution in [1.82, 2.24) is 4.98 Å². The van der Waals surface area contributed by atoms with Crippen molar-refractivity contribution >= 4 is 17.5 Å². The summed E-state index contributed by atoms with van der Waals surface area (Å²) in [6.45, 7) is 3.15. The first-order chi connectivity index (χ1) is 6.42. The molecule has 0 aliphatic heterocycles. The van der Waals surface area contributed by atoms with Crippen LogP contribution in [-0.4, -0.2) is 16.5 Å². The molecular formula is C9H11ClN2O2. The van der Waals surface area contributed by atoms with Gasteiger partial charge in [-0.1, -0.05) is 11.6 Å². The molecule has 0 saturated carbocycles. The maximum absolute atomic E-state index is 10.9. The minimum Gasteiger partial charge on any atom is -0.462 e. The van der Waals surface area contributed by atoms with Crippen molar-refractivity contribution in [3.8, 4) is 5.88 Å². The average molecular weight is 215 g/mol. The van der Waals surface area contributed by atoms with Crippen LogP contribution in [0.3, 0.4) is 0 Å². The van der Waals surface area contributed by atoms with E-state index in [0.29, 0.717) is 10.9 Å². The van der Waals surface area contributed by atoms with Gasteiger partial charge in [0.05, 0.1) is 5.02 Å². The summed E-state index contributed by atoms with van der Waals surface area (Å²) in [7, 11) is 0. The predicted molar refractivity (Wildman–Crippen MR) is 53.1 cm³/mol. The third kappa shape index (κ3) is 2.60. The monoisotopic (exact) mass is 214 g/mol. The fraction of sp³-hybridized carbons (Fsp3) is 0.333. The minimum atomic E-state index is -1.07. The Kier molecular flexibility index (Phi) is 2.96. The topological polar surface area (TPSA) is 65.2 Å². The smallest absolute Gasteiger partial charge is 0.261 e. The third-order valence-corrected chi connectivity index (χ3v) is 1.88. The lowest BCUT2D eigenvalue weighted by Gasteiger charge is -2.21. The number of rotatable bonds is 3. The standard InChI is InChI=1S/C9H11ClN2O2/c1-9(2,8(11)13)14-7-4-3-6(10)5-12-7/h3-5H,1-2H3,(H2,11,13). The lowest BCUT2D eigenvalue weighted by atomic mass is 10.1. The molecule has 0 fully saturated rings. The Hall–Kier alpha value is -1.29. The molecule has 1 aromatic heterocycles. The van der Waals surface area contributed by atoms with Crippen molar-refractivity contribution in [1.29, 1.82) is 0 Å². The summed E-state index contributed by atoms with van der Waals surface area (Å²) in [5.74, 6) is -0.229. The summed E-state index contributed by atoms with van der Waals surface area (Å²) in [4.78, 5) is 14.8. The van der Waals surface area contributed by atoms with Crippen LogP contribution in [0.4, 0.5) is 0 Å². The fourth-order valence-electron chi connectivity index (χ4n) is 0.734. The van der Waals surface area contributed by atoms with Crippen LogP contribution in [0.15, 0.2) is 18.3 Å². The van der Waals surface area contributed by atoms with Crippen molar-refractivity contribution in [2.75, 3.05) is 0 Å². The highest BCUT2D eigenvalue weighted by atomic mass is 35.5. The summed E-state index contributed by atoms with van der Waals surface area (Å²) < 4.78 is 5.27. The van der Waals surface area contributed by atoms with Crippen LogP contribution in [0.1, 0.15) is 13.8 Å². The molecule has 0 aliphatic rings. The number of halogens is 1. The van der Waals surface area contributed by atoms with Gasteiger partial charge >= 0.3 is 0 Å². The summed E-state index contributed by atoms with van der Waals surface area (Å²) in [6.07, 6.45) is 1.44. The summed E-state index contributed by atoms with van der Waals surface area (Å²) in [5, 5.41) is 0.509. The SMILES string of the molecule is CC(C)(Oc1ccc(Cl)cn1)C(N)=O. The highest BCUT2D eigenvalue weighted by molar-refractivity contribution is 6.30. The molecule has 1 amide bonds. The number of nitrogens with two attached hydrogens (primary N) is 1. The molecule has 1 heterocycles. The molecular weight excluding hydrogens is 204 g/mol. The highest BCUT2D eigenvalue weighted by Crippen LogP contribution is 2.17. The first-order valence-corrected chi connectivity index (χ1v) is 4.40. The van der Waals surface area contributed by atoms with E-state index in [1.165, 1.54) is 6.20 Å². The minimum absolute atomic E-state index is 0.318. The van der Waals surface area contributed by atoms with E-state index in [9.17, 15) is 4.79 Å². The van der Waals surface area contributed by atoms with Crippen molar-refractivity contribution in [3.05, 3.63) is 23.4 Å². The van der Waals surface area contributed by atoms with E-state index in [1.807, 2.05) is 0 Å². The number of primary amides is 1. The van der Waals surface area contributed by atoms with E-state index in [4.69, 9.17) is 22.1 Å². The summed E-state index contributed by atoms with van der Waals surface area (Å²) >= 11 is 5.64. The lowest BCUT2D eigenvalue weighted by molar-refractivity contribution is -0.130. The maximum Gasteiger partial charge on any atom is 0.261 e. The molecule has 76 valence electrons. The van der Waals surface area contributed by atoms with Gasteiger partial charge in [0.15, 0.2) is 5.60 Å². The largest absolute Gasteiger partial charge is 0.462 e. The zero-order valence-electron chi connectivity index (χ0n) is 7.95. The second-order valence-corrected chi connectivity index (χ2v) is 3.73. The zero-order valence-corrected chi connectivity index (χ0v) is 8.71. The van der Waals surface area contributed by atoms with Crippen LogP contribution in [0.2, 0.25) is 5.02 Å². The predicted octanol–water partition coefficient (Wildman–Crippen LogP) is 1.38. The molecule has 0 unspecified atom stereocenters. The number of hydrogen-bond donors (Lipinski definition) is 1. The van der Waals surface area contributed by atoms with E-state index >= 15 is 0 Å². The number of aromatic nitrogens is 1. The number of pyridine rings is 1. The maximum atomic E-state index is 10.9. The molecule has 0 radical (unpaired) electrons. The number of carbonyl (C=O) groups excluding carboxylic acids is 1. The van der Waals surface area contributed by atoms with Crippen LogP contribution < -0.4 is 10.5 Å². The highest BCUT2D eigenvalue weighted by Gasteiger charge is 2.27. The van der Waals surface area contributed by atoms with E-state index in [1.54, 1.807) is 26.0 Å². The van der Waals surface area contributed by atoms with Crippen molar-refractivity contribution in [2.24, 2.45) is 5.73 Å². The Morgan fingerprint density at radius 2 is 2.21 bits per heavy atom. The lowest BCUT2D eigenvalue weighted by Crippen LogP contribution is -2.43. The Bertz CT molecular complexity index is 335. The quantitative estimate of drug-likeness (QED) is 0.827. The van der Waals surface area contributed by atoms with E-state index in [-0.39, 0.29) is 0 Å². The Morgan fingerprint density at radius 1 is 1.57 bits per heavy atom. The molecule has 5 heteroatoms. The molecule has 2 N–H and O–H groups in total. The van der Waals surface area contributed by atoms with Crippen LogP contribution in [0.5, 0.6) is 5.88 Å². The van der Waals surface area contributed by atoms with Crippen LogP contribution in [-0.2, 0) is 4.79 Å². The van der Waals surface area contributed by atoms with Gasteiger partial charge in [0.25, 0.3) is 5.91 Å². The van der Waals surface area contributed by atoms with Gasteiger partial charge in [-0.3, -0.25) is 4.79 Å². The van der Waals surface area contributed by atoms with Gasteiger partial charge in [-0.2, -0.15) is 0 Å². The third-order valence-electron chi connectivity index (χ3n) is 1.65. The molecule has 0 bridgehead atoms. The second-order valence-electron chi connectivity index (χ2n) is 3.29. The molecule has 0 aromatic carbocycles. The Labute approximate surface area is 87.0 Å². The van der Waals surface area contributed by atoms with Crippen LogP contribution >= 0.6 is 11.6 Å². The zero-order chi connectivity index (χ0) is 10.8. The number of amides is 1. The number of hydrogen-bond acceptors (Lipinski definition) is 3.